The van der Waals surface area contributed by atoms with Crippen LogP contribution in [0.2, 0.25) is 0 Å². The van der Waals surface area contributed by atoms with Crippen molar-refractivity contribution >= 4 is 31.4 Å². The zero-order valence-electron chi connectivity index (χ0n) is 16.4. The van der Waals surface area contributed by atoms with Crippen LogP contribution in [0.5, 0.6) is 5.75 Å². The fraction of sp³-hybridized carbons (Fsp3) is 0.316. The number of nitrogens with zero attached hydrogens (tertiary/aromatic N) is 2. The topological polar surface area (TPSA) is 105 Å². The summed E-state index contributed by atoms with van der Waals surface area (Å²) >= 11 is 0. The summed E-state index contributed by atoms with van der Waals surface area (Å²) in [4.78, 5) is 0. The predicted molar refractivity (Wildman–Crippen MR) is 113 cm³/mol. The minimum Gasteiger partial charge on any atom is -0.497 e. The molecule has 0 unspecified atom stereocenters. The van der Waals surface area contributed by atoms with E-state index in [9.17, 15) is 16.8 Å². The molecule has 1 heterocycles. The summed E-state index contributed by atoms with van der Waals surface area (Å²) in [6, 6.07) is 13.5. The molecular weight excluding hydrogens is 414 g/mol. The van der Waals surface area contributed by atoms with Crippen LogP contribution >= 0.6 is 0 Å². The first-order chi connectivity index (χ1) is 13.6. The first-order valence-corrected chi connectivity index (χ1v) is 12.4. The van der Waals surface area contributed by atoms with Gasteiger partial charge in [-0.1, -0.05) is 24.3 Å². The highest BCUT2D eigenvalue weighted by atomic mass is 32.2. The monoisotopic (exact) mass is 437 g/mol. The van der Waals surface area contributed by atoms with Crippen LogP contribution in [0.4, 0.5) is 5.69 Å². The third-order valence-electron chi connectivity index (χ3n) is 4.54. The third-order valence-corrected chi connectivity index (χ3v) is 6.79. The van der Waals surface area contributed by atoms with E-state index in [4.69, 9.17) is 4.74 Å². The average molecular weight is 438 g/mol. The Morgan fingerprint density at radius 2 is 1.69 bits per heavy atom. The summed E-state index contributed by atoms with van der Waals surface area (Å²) < 4.78 is 56.7. The second kappa shape index (κ2) is 8.03. The van der Waals surface area contributed by atoms with Crippen molar-refractivity contribution < 1.29 is 21.6 Å². The Bertz CT molecular complexity index is 1110. The maximum Gasteiger partial charge on any atom is 0.250 e. The summed E-state index contributed by atoms with van der Waals surface area (Å²) in [6.07, 6.45) is 1.49. The molecule has 1 aliphatic rings. The minimum absolute atomic E-state index is 0.0619. The Balaban J connectivity index is 1.92. The number of nitrogens with one attached hydrogen (secondary N) is 1. The van der Waals surface area contributed by atoms with E-state index in [1.165, 1.54) is 4.41 Å². The quantitative estimate of drug-likeness (QED) is 0.717. The molecule has 2 aromatic carbocycles. The molecule has 0 aromatic heterocycles. The molecule has 3 rings (SSSR count). The minimum atomic E-state index is -3.56. The number of rotatable bonds is 7. The molecule has 0 fully saturated rings. The highest BCUT2D eigenvalue weighted by molar-refractivity contribution is 7.92. The van der Waals surface area contributed by atoms with Crippen molar-refractivity contribution in [3.63, 3.8) is 0 Å². The third kappa shape index (κ3) is 4.88. The number of hydrogen-bond acceptors (Lipinski definition) is 6. The van der Waals surface area contributed by atoms with Gasteiger partial charge in [0, 0.05) is 12.1 Å². The molecule has 0 radical (unpaired) electrons. The summed E-state index contributed by atoms with van der Waals surface area (Å²) in [5.41, 5.74) is 2.60. The van der Waals surface area contributed by atoms with Gasteiger partial charge < -0.3 is 4.74 Å². The molecule has 0 spiro atoms. The Labute approximate surface area is 171 Å². The van der Waals surface area contributed by atoms with Gasteiger partial charge in [-0.2, -0.15) is 9.52 Å². The second-order valence-corrected chi connectivity index (χ2v) is 10.5. The maximum atomic E-state index is 12.6. The fourth-order valence-corrected chi connectivity index (χ4v) is 4.71. The van der Waals surface area contributed by atoms with E-state index in [1.807, 2.05) is 12.1 Å². The van der Waals surface area contributed by atoms with Crippen molar-refractivity contribution in [3.05, 3.63) is 59.7 Å². The number of sulfonamides is 2. The summed E-state index contributed by atoms with van der Waals surface area (Å²) in [7, 11) is -5.36. The largest absolute Gasteiger partial charge is 0.497 e. The zero-order valence-corrected chi connectivity index (χ0v) is 18.0. The summed E-state index contributed by atoms with van der Waals surface area (Å²) in [5.74, 6) is 0.625. The molecule has 1 N–H and O–H groups in total. The standard InChI is InChI=1S/C19H23N3O5S2/c1-4-29(25,26)22-19(15-7-11-17(27-2)12-8-15)13-18(20-22)14-5-9-16(10-6-14)21-28(3,23)24/h5-12,19,21H,4,13H2,1-3H3/t19-/m0/s1. The Kier molecular flexibility index (Phi) is 5.85. The number of hydrazone groups is 1. The molecular formula is C19H23N3O5S2. The van der Waals surface area contributed by atoms with Crippen molar-refractivity contribution in [2.24, 2.45) is 5.10 Å². The molecule has 8 nitrogen and oxygen atoms in total. The van der Waals surface area contributed by atoms with Gasteiger partial charge in [0.2, 0.25) is 20.0 Å². The van der Waals surface area contributed by atoms with Crippen molar-refractivity contribution in [3.8, 4) is 5.75 Å². The van der Waals surface area contributed by atoms with E-state index >= 15 is 0 Å². The number of benzene rings is 2. The Morgan fingerprint density at radius 1 is 1.07 bits per heavy atom. The lowest BCUT2D eigenvalue weighted by Crippen LogP contribution is -2.28. The van der Waals surface area contributed by atoms with Crippen molar-refractivity contribution in [1.29, 1.82) is 0 Å². The molecule has 2 aromatic rings. The molecule has 1 atom stereocenters. The van der Waals surface area contributed by atoms with Crippen LogP contribution in [-0.4, -0.2) is 46.1 Å². The number of methoxy groups -OCH3 is 1. The Morgan fingerprint density at radius 3 is 2.21 bits per heavy atom. The van der Waals surface area contributed by atoms with Crippen LogP contribution in [0.3, 0.4) is 0 Å². The number of ether oxygens (including phenoxy) is 1. The van der Waals surface area contributed by atoms with Crippen LogP contribution < -0.4 is 9.46 Å². The molecule has 0 saturated heterocycles. The van der Waals surface area contributed by atoms with Gasteiger partial charge in [-0.25, -0.2) is 16.8 Å². The molecule has 0 bridgehead atoms. The molecule has 0 amide bonds. The zero-order chi connectivity index (χ0) is 21.2. The van der Waals surface area contributed by atoms with E-state index < -0.39 is 26.1 Å². The molecule has 0 saturated carbocycles. The molecule has 0 aliphatic carbocycles. The fourth-order valence-electron chi connectivity index (χ4n) is 3.07. The van der Waals surface area contributed by atoms with Gasteiger partial charge in [0.25, 0.3) is 0 Å². The normalized spacial score (nSPS) is 17.1. The average Bonchev–Trinajstić information content (AvgIpc) is 3.14. The molecule has 29 heavy (non-hydrogen) atoms. The number of anilines is 1. The van der Waals surface area contributed by atoms with E-state index in [0.29, 0.717) is 23.6 Å². The first kappa shape index (κ1) is 21.1. The smallest absolute Gasteiger partial charge is 0.250 e. The lowest BCUT2D eigenvalue weighted by molar-refractivity contribution is 0.371. The molecule has 156 valence electrons. The van der Waals surface area contributed by atoms with Gasteiger partial charge in [-0.15, -0.1) is 0 Å². The van der Waals surface area contributed by atoms with Gasteiger partial charge in [-0.05, 0) is 42.3 Å². The lowest BCUT2D eigenvalue weighted by atomic mass is 9.99. The molecule has 1 aliphatic heterocycles. The van der Waals surface area contributed by atoms with E-state index in [-0.39, 0.29) is 5.75 Å². The summed E-state index contributed by atoms with van der Waals surface area (Å²) in [5, 5.41) is 4.40. The van der Waals surface area contributed by atoms with Crippen molar-refractivity contribution in [1.82, 2.24) is 4.41 Å². The van der Waals surface area contributed by atoms with Crippen LogP contribution in [0.1, 0.15) is 30.5 Å². The van der Waals surface area contributed by atoms with Crippen LogP contribution in [0.25, 0.3) is 0 Å². The number of hydrogen-bond donors (Lipinski definition) is 1. The van der Waals surface area contributed by atoms with Crippen molar-refractivity contribution in [2.75, 3.05) is 23.8 Å². The van der Waals surface area contributed by atoms with E-state index in [1.54, 1.807) is 50.4 Å². The van der Waals surface area contributed by atoms with E-state index in [2.05, 4.69) is 9.82 Å². The van der Waals surface area contributed by atoms with Crippen LogP contribution in [0.15, 0.2) is 53.6 Å². The first-order valence-electron chi connectivity index (χ1n) is 8.94. The van der Waals surface area contributed by atoms with Gasteiger partial charge in [0.05, 0.1) is 30.9 Å². The van der Waals surface area contributed by atoms with Gasteiger partial charge in [-0.3, -0.25) is 4.72 Å². The van der Waals surface area contributed by atoms with Gasteiger partial charge in [0.15, 0.2) is 0 Å². The highest BCUT2D eigenvalue weighted by Crippen LogP contribution is 2.35. The Hall–Kier alpha value is -2.59. The highest BCUT2D eigenvalue weighted by Gasteiger charge is 2.35. The van der Waals surface area contributed by atoms with Gasteiger partial charge >= 0.3 is 0 Å². The maximum absolute atomic E-state index is 12.6. The molecule has 10 heteroatoms. The van der Waals surface area contributed by atoms with Gasteiger partial charge in [0.1, 0.15) is 5.75 Å². The SMILES string of the molecule is CCS(=O)(=O)N1N=C(c2ccc(NS(C)(=O)=O)cc2)C[C@H]1c1ccc(OC)cc1. The predicted octanol–water partition coefficient (Wildman–Crippen LogP) is 2.57. The second-order valence-electron chi connectivity index (χ2n) is 6.66. The van der Waals surface area contributed by atoms with Crippen LogP contribution in [-0.2, 0) is 20.0 Å². The van der Waals surface area contributed by atoms with Crippen molar-refractivity contribution in [2.45, 2.75) is 19.4 Å². The van der Waals surface area contributed by atoms with E-state index in [0.717, 1.165) is 17.4 Å². The van der Waals surface area contributed by atoms with Crippen LogP contribution in [0, 0.1) is 0 Å². The lowest BCUT2D eigenvalue weighted by Gasteiger charge is -2.22. The summed E-state index contributed by atoms with van der Waals surface area (Å²) in [6.45, 7) is 1.58.